The van der Waals surface area contributed by atoms with E-state index in [-0.39, 0.29) is 5.78 Å². The topological polar surface area (TPSA) is 17.1 Å². The van der Waals surface area contributed by atoms with Crippen LogP contribution >= 0.6 is 0 Å². The molecule has 1 nitrogen and oxygen atoms in total. The van der Waals surface area contributed by atoms with Crippen LogP contribution in [0.3, 0.4) is 0 Å². The van der Waals surface area contributed by atoms with E-state index in [9.17, 15) is 4.79 Å². The summed E-state index contributed by atoms with van der Waals surface area (Å²) >= 11 is 0. The molecule has 0 saturated carbocycles. The van der Waals surface area contributed by atoms with Crippen molar-refractivity contribution in [3.63, 3.8) is 0 Å². The van der Waals surface area contributed by atoms with Crippen molar-refractivity contribution in [1.29, 1.82) is 0 Å². The number of allylic oxidation sites excluding steroid dienone is 4. The molecule has 1 rings (SSSR count). The van der Waals surface area contributed by atoms with Crippen LogP contribution < -0.4 is 0 Å². The minimum absolute atomic E-state index is 0.200. The number of hydrogen-bond donors (Lipinski definition) is 0. The van der Waals surface area contributed by atoms with Crippen LogP contribution in [0.2, 0.25) is 0 Å². The molecular formula is C9H12O. The average Bonchev–Trinajstić information content (AvgIpc) is 1.88. The molecule has 0 N–H and O–H groups in total. The highest BCUT2D eigenvalue weighted by molar-refractivity contribution is 6.05. The Morgan fingerprint density at radius 3 is 2.70 bits per heavy atom. The molecule has 54 valence electrons. The number of carbonyl (C=O) groups is 1. The van der Waals surface area contributed by atoms with Gasteiger partial charge in [-0.3, -0.25) is 4.79 Å². The Morgan fingerprint density at radius 1 is 1.50 bits per heavy atom. The van der Waals surface area contributed by atoms with Crippen molar-refractivity contribution in [3.05, 3.63) is 23.3 Å². The molecule has 0 heterocycles. The molecule has 1 heteroatoms. The maximum atomic E-state index is 11.1. The van der Waals surface area contributed by atoms with Crippen molar-refractivity contribution in [2.45, 2.75) is 26.7 Å². The van der Waals surface area contributed by atoms with E-state index in [1.807, 2.05) is 19.9 Å². The van der Waals surface area contributed by atoms with Gasteiger partial charge in [-0.1, -0.05) is 11.6 Å². The third-order valence-corrected chi connectivity index (χ3v) is 1.83. The molecule has 0 radical (unpaired) electrons. The van der Waals surface area contributed by atoms with Gasteiger partial charge in [0.05, 0.1) is 0 Å². The number of carbonyl (C=O) groups excluding carboxylic acids is 1. The van der Waals surface area contributed by atoms with Crippen LogP contribution in [0.15, 0.2) is 23.3 Å². The van der Waals surface area contributed by atoms with Gasteiger partial charge in [-0.25, -0.2) is 0 Å². The highest BCUT2D eigenvalue weighted by Gasteiger charge is 2.11. The number of ketones is 1. The van der Waals surface area contributed by atoms with E-state index >= 15 is 0 Å². The highest BCUT2D eigenvalue weighted by Crippen LogP contribution is 2.18. The molecule has 0 spiro atoms. The fourth-order valence-corrected chi connectivity index (χ4v) is 1.13. The van der Waals surface area contributed by atoms with Crippen LogP contribution in [0.1, 0.15) is 26.7 Å². The second kappa shape index (κ2) is 2.82. The Morgan fingerprint density at radius 2 is 2.20 bits per heavy atom. The molecule has 0 bridgehead atoms. The Balaban J connectivity index is 2.84. The van der Waals surface area contributed by atoms with E-state index in [0.717, 1.165) is 18.4 Å². The number of hydrogen-bond acceptors (Lipinski definition) is 1. The standard InChI is InChI=1S/C9H12O/c1-3-8-5-4-7(2)6-9(8)10/h3,6H,4-5H2,1-2H3/b8-3+. The van der Waals surface area contributed by atoms with Crippen molar-refractivity contribution in [2.24, 2.45) is 0 Å². The molecule has 10 heavy (non-hydrogen) atoms. The van der Waals surface area contributed by atoms with Crippen molar-refractivity contribution in [3.8, 4) is 0 Å². The second-order valence-corrected chi connectivity index (χ2v) is 2.67. The van der Waals surface area contributed by atoms with Crippen LogP contribution in [-0.4, -0.2) is 5.78 Å². The monoisotopic (exact) mass is 136 g/mol. The summed E-state index contributed by atoms with van der Waals surface area (Å²) in [4.78, 5) is 11.1. The summed E-state index contributed by atoms with van der Waals surface area (Å²) in [5, 5.41) is 0. The first-order valence-corrected chi connectivity index (χ1v) is 3.60. The second-order valence-electron chi connectivity index (χ2n) is 2.67. The van der Waals surface area contributed by atoms with Gasteiger partial charge in [0.25, 0.3) is 0 Å². The molecule has 0 amide bonds. The summed E-state index contributed by atoms with van der Waals surface area (Å²) in [5.41, 5.74) is 2.17. The normalized spacial score (nSPS) is 23.2. The lowest BCUT2D eigenvalue weighted by molar-refractivity contribution is -0.111. The predicted molar refractivity (Wildman–Crippen MR) is 41.8 cm³/mol. The predicted octanol–water partition coefficient (Wildman–Crippen LogP) is 2.24. The fourth-order valence-electron chi connectivity index (χ4n) is 1.13. The van der Waals surface area contributed by atoms with E-state index in [0.29, 0.717) is 0 Å². The molecule has 1 aliphatic carbocycles. The third kappa shape index (κ3) is 1.35. The summed E-state index contributed by atoms with van der Waals surface area (Å²) in [7, 11) is 0. The quantitative estimate of drug-likeness (QED) is 0.467. The first kappa shape index (κ1) is 7.26. The Bertz CT molecular complexity index is 209. The summed E-state index contributed by atoms with van der Waals surface area (Å²) in [6.07, 6.45) is 5.62. The zero-order valence-electron chi connectivity index (χ0n) is 6.48. The van der Waals surface area contributed by atoms with E-state index in [2.05, 4.69) is 0 Å². The lowest BCUT2D eigenvalue weighted by Crippen LogP contribution is -2.04. The van der Waals surface area contributed by atoms with Gasteiger partial charge in [-0.2, -0.15) is 0 Å². The summed E-state index contributed by atoms with van der Waals surface area (Å²) in [6.45, 7) is 3.92. The molecule has 0 aromatic carbocycles. The first-order valence-electron chi connectivity index (χ1n) is 3.60. The maximum Gasteiger partial charge on any atom is 0.181 e. The molecule has 0 unspecified atom stereocenters. The zero-order valence-corrected chi connectivity index (χ0v) is 6.48. The lowest BCUT2D eigenvalue weighted by Gasteiger charge is -2.09. The molecule has 0 fully saturated rings. The van der Waals surface area contributed by atoms with Gasteiger partial charge in [0.15, 0.2) is 5.78 Å². The van der Waals surface area contributed by atoms with Crippen molar-refractivity contribution in [2.75, 3.05) is 0 Å². The Labute approximate surface area is 61.4 Å². The zero-order chi connectivity index (χ0) is 7.56. The van der Waals surface area contributed by atoms with Crippen LogP contribution in [-0.2, 0) is 4.79 Å². The fraction of sp³-hybridized carbons (Fsp3) is 0.444. The van der Waals surface area contributed by atoms with E-state index < -0.39 is 0 Å². The van der Waals surface area contributed by atoms with Crippen LogP contribution in [0, 0.1) is 0 Å². The van der Waals surface area contributed by atoms with Gasteiger partial charge in [0, 0.05) is 0 Å². The summed E-state index contributed by atoms with van der Waals surface area (Å²) in [6, 6.07) is 0. The SMILES string of the molecule is C/C=C1\CCC(C)=CC1=O. The van der Waals surface area contributed by atoms with Crippen molar-refractivity contribution >= 4 is 5.78 Å². The van der Waals surface area contributed by atoms with Gasteiger partial charge in [0.2, 0.25) is 0 Å². The summed E-state index contributed by atoms with van der Waals surface area (Å²) in [5.74, 6) is 0.200. The first-order chi connectivity index (χ1) is 4.74. The van der Waals surface area contributed by atoms with Gasteiger partial charge in [-0.15, -0.1) is 0 Å². The minimum Gasteiger partial charge on any atom is -0.290 e. The Kier molecular flexibility index (Phi) is 2.05. The lowest BCUT2D eigenvalue weighted by atomic mass is 9.95. The van der Waals surface area contributed by atoms with E-state index in [1.165, 1.54) is 5.57 Å². The third-order valence-electron chi connectivity index (χ3n) is 1.83. The number of rotatable bonds is 0. The van der Waals surface area contributed by atoms with Crippen molar-refractivity contribution in [1.82, 2.24) is 0 Å². The van der Waals surface area contributed by atoms with Gasteiger partial charge in [0.1, 0.15) is 0 Å². The highest BCUT2D eigenvalue weighted by atomic mass is 16.1. The minimum atomic E-state index is 0.200. The Hall–Kier alpha value is -0.850. The molecule has 0 atom stereocenters. The molecular weight excluding hydrogens is 124 g/mol. The van der Waals surface area contributed by atoms with Gasteiger partial charge < -0.3 is 0 Å². The van der Waals surface area contributed by atoms with Crippen molar-refractivity contribution < 1.29 is 4.79 Å². The van der Waals surface area contributed by atoms with Crippen LogP contribution in [0.25, 0.3) is 0 Å². The van der Waals surface area contributed by atoms with Gasteiger partial charge >= 0.3 is 0 Å². The summed E-state index contributed by atoms with van der Waals surface area (Å²) < 4.78 is 0. The molecule has 0 aromatic heterocycles. The molecule has 1 aliphatic rings. The molecule has 0 saturated heterocycles. The van der Waals surface area contributed by atoms with Gasteiger partial charge in [-0.05, 0) is 38.3 Å². The van der Waals surface area contributed by atoms with Crippen LogP contribution in [0.5, 0.6) is 0 Å². The molecule has 0 aliphatic heterocycles. The maximum absolute atomic E-state index is 11.1. The largest absolute Gasteiger partial charge is 0.290 e. The average molecular weight is 136 g/mol. The van der Waals surface area contributed by atoms with Crippen LogP contribution in [0.4, 0.5) is 0 Å². The molecule has 0 aromatic rings. The smallest absolute Gasteiger partial charge is 0.181 e. The van der Waals surface area contributed by atoms with E-state index in [4.69, 9.17) is 0 Å². The van der Waals surface area contributed by atoms with E-state index in [1.54, 1.807) is 6.08 Å².